The first-order chi connectivity index (χ1) is 13.1. The average Bonchev–Trinajstić information content (AvgIpc) is 2.98. The molecular weight excluding hydrogens is 350 g/mol. The van der Waals surface area contributed by atoms with Crippen LogP contribution in [0.15, 0.2) is 36.5 Å². The number of hydrogen-bond donors (Lipinski definition) is 0. The minimum Gasteiger partial charge on any atom is -0.490 e. The highest BCUT2D eigenvalue weighted by atomic mass is 19.1. The van der Waals surface area contributed by atoms with Crippen LogP contribution < -0.4 is 4.74 Å². The third-order valence-electron chi connectivity index (χ3n) is 5.89. The van der Waals surface area contributed by atoms with Crippen LogP contribution in [0.3, 0.4) is 0 Å². The zero-order chi connectivity index (χ0) is 18.5. The van der Waals surface area contributed by atoms with Gasteiger partial charge in [0.25, 0.3) is 0 Å². The molecule has 2 aliphatic rings. The maximum Gasteiger partial charge on any atom is 0.177 e. The Balaban J connectivity index is 1.17. The fraction of sp³-hybridized carbons (Fsp3) is 0.400. The number of aryl methyl sites for hydroxylation is 1. The number of ether oxygens (including phenoxy) is 1. The summed E-state index contributed by atoms with van der Waals surface area (Å²) >= 11 is 0. The quantitative estimate of drug-likeness (QED) is 0.693. The summed E-state index contributed by atoms with van der Waals surface area (Å²) < 4.78 is 34.3. The first kappa shape index (κ1) is 16.6. The molecule has 3 aromatic rings. The predicted octanol–water partition coefficient (Wildman–Crippen LogP) is 3.00. The third-order valence-corrected chi connectivity index (χ3v) is 5.89. The molecule has 3 atom stereocenters. The number of nitrogens with zero attached hydrogens (tertiary/aromatic N) is 4. The number of imidazole rings is 1. The highest BCUT2D eigenvalue weighted by Gasteiger charge is 2.55. The van der Waals surface area contributed by atoms with Gasteiger partial charge in [-0.15, -0.1) is 0 Å². The molecule has 27 heavy (non-hydrogen) atoms. The van der Waals surface area contributed by atoms with E-state index in [1.54, 1.807) is 6.20 Å². The normalized spacial score (nSPS) is 24.3. The molecule has 1 unspecified atom stereocenters. The van der Waals surface area contributed by atoms with E-state index in [-0.39, 0.29) is 5.75 Å². The maximum atomic E-state index is 13.7. The minimum absolute atomic E-state index is 0.130. The largest absolute Gasteiger partial charge is 0.490 e. The van der Waals surface area contributed by atoms with E-state index in [2.05, 4.69) is 19.4 Å². The molecule has 3 heterocycles. The van der Waals surface area contributed by atoms with Gasteiger partial charge in [0.05, 0.1) is 18.7 Å². The highest BCUT2D eigenvalue weighted by Crippen LogP contribution is 2.52. The van der Waals surface area contributed by atoms with Crippen LogP contribution in [0.1, 0.15) is 5.82 Å². The molecule has 1 aliphatic carbocycles. The lowest BCUT2D eigenvalue weighted by molar-refractivity contribution is 0.221. The number of likely N-dealkylation sites (tertiary alicyclic amines) is 1. The van der Waals surface area contributed by atoms with Gasteiger partial charge < -0.3 is 9.30 Å². The van der Waals surface area contributed by atoms with E-state index < -0.39 is 11.6 Å². The number of hydrogen-bond acceptors (Lipinski definition) is 4. The molecule has 140 valence electrons. The molecule has 0 radical (unpaired) electrons. The molecule has 1 aliphatic heterocycles. The molecular formula is C20H20F2N4O. The van der Waals surface area contributed by atoms with E-state index in [0.717, 1.165) is 42.7 Å². The monoisotopic (exact) mass is 370 g/mol. The summed E-state index contributed by atoms with van der Waals surface area (Å²) in [5.41, 5.74) is 1.83. The smallest absolute Gasteiger partial charge is 0.177 e. The van der Waals surface area contributed by atoms with Gasteiger partial charge in [-0.3, -0.25) is 4.90 Å². The van der Waals surface area contributed by atoms with E-state index in [4.69, 9.17) is 4.74 Å². The second-order valence-electron chi connectivity index (χ2n) is 7.50. The van der Waals surface area contributed by atoms with Gasteiger partial charge >= 0.3 is 0 Å². The second kappa shape index (κ2) is 6.27. The highest BCUT2D eigenvalue weighted by molar-refractivity contribution is 5.71. The van der Waals surface area contributed by atoms with E-state index >= 15 is 0 Å². The van der Waals surface area contributed by atoms with Gasteiger partial charge in [0.15, 0.2) is 17.2 Å². The molecule has 0 N–H and O–H groups in total. The second-order valence-corrected chi connectivity index (χ2v) is 7.50. The van der Waals surface area contributed by atoms with E-state index in [9.17, 15) is 8.78 Å². The Morgan fingerprint density at radius 2 is 2.00 bits per heavy atom. The number of piperidine rings is 1. The third kappa shape index (κ3) is 2.96. The van der Waals surface area contributed by atoms with Crippen molar-refractivity contribution in [2.24, 2.45) is 24.8 Å². The molecule has 1 saturated carbocycles. The zero-order valence-electron chi connectivity index (χ0n) is 15.0. The van der Waals surface area contributed by atoms with Crippen molar-refractivity contribution in [3.8, 4) is 5.75 Å². The van der Waals surface area contributed by atoms with Crippen molar-refractivity contribution in [2.45, 2.75) is 6.54 Å². The van der Waals surface area contributed by atoms with Crippen LogP contribution in [0.25, 0.3) is 11.2 Å². The van der Waals surface area contributed by atoms with Gasteiger partial charge in [-0.05, 0) is 36.1 Å². The standard InChI is InChI=1S/C20H20F2N4O/c1-25-17-3-2-6-23-20(17)24-19(25)10-26-8-13-14(9-26)15(13)11-27-18-5-4-12(21)7-16(18)22/h2-7,13-15H,8-11H2,1H3/t13-,14+,15?. The summed E-state index contributed by atoms with van der Waals surface area (Å²) in [7, 11) is 2.02. The molecule has 5 nitrogen and oxygen atoms in total. The van der Waals surface area contributed by atoms with Gasteiger partial charge in [-0.25, -0.2) is 18.7 Å². The van der Waals surface area contributed by atoms with Gasteiger partial charge in [0.1, 0.15) is 11.6 Å². The van der Waals surface area contributed by atoms with Crippen molar-refractivity contribution in [2.75, 3.05) is 19.7 Å². The Morgan fingerprint density at radius 3 is 2.74 bits per heavy atom. The van der Waals surface area contributed by atoms with Crippen molar-refractivity contribution in [3.05, 3.63) is 54.0 Å². The van der Waals surface area contributed by atoms with E-state index in [0.29, 0.717) is 24.4 Å². The summed E-state index contributed by atoms with van der Waals surface area (Å²) in [6.07, 6.45) is 1.76. The summed E-state index contributed by atoms with van der Waals surface area (Å²) in [5, 5.41) is 0. The lowest BCUT2D eigenvalue weighted by Crippen LogP contribution is -2.26. The SMILES string of the molecule is Cn1c(CN2C[C@@H]3C(COc4ccc(F)cc4F)[C@@H]3C2)nc2ncccc21. The van der Waals surface area contributed by atoms with Crippen molar-refractivity contribution in [1.82, 2.24) is 19.4 Å². The Bertz CT molecular complexity index is 993. The lowest BCUT2D eigenvalue weighted by atomic mass is 10.2. The fourth-order valence-corrected chi connectivity index (χ4v) is 4.31. The Labute approximate surface area is 155 Å². The topological polar surface area (TPSA) is 43.2 Å². The van der Waals surface area contributed by atoms with Crippen LogP contribution in [-0.4, -0.2) is 39.1 Å². The molecule has 5 rings (SSSR count). The molecule has 2 fully saturated rings. The molecule has 0 spiro atoms. The van der Waals surface area contributed by atoms with E-state index in [1.165, 1.54) is 12.1 Å². The molecule has 7 heteroatoms. The van der Waals surface area contributed by atoms with E-state index in [1.807, 2.05) is 19.2 Å². The number of benzene rings is 1. The molecule has 2 aromatic heterocycles. The number of halogens is 2. The average molecular weight is 370 g/mol. The molecule has 1 saturated heterocycles. The molecule has 0 amide bonds. The summed E-state index contributed by atoms with van der Waals surface area (Å²) in [6.45, 7) is 3.30. The number of rotatable bonds is 5. The minimum atomic E-state index is -0.641. The first-order valence-corrected chi connectivity index (χ1v) is 9.16. The van der Waals surface area contributed by atoms with Crippen LogP contribution in [0.4, 0.5) is 8.78 Å². The zero-order valence-corrected chi connectivity index (χ0v) is 15.0. The van der Waals surface area contributed by atoms with Crippen molar-refractivity contribution < 1.29 is 13.5 Å². The van der Waals surface area contributed by atoms with Gasteiger partial charge in [-0.1, -0.05) is 0 Å². The van der Waals surface area contributed by atoms with Gasteiger partial charge in [0, 0.05) is 38.3 Å². The lowest BCUT2D eigenvalue weighted by Gasteiger charge is -2.19. The van der Waals surface area contributed by atoms with Crippen LogP contribution >= 0.6 is 0 Å². The Hall–Kier alpha value is -2.54. The first-order valence-electron chi connectivity index (χ1n) is 9.16. The van der Waals surface area contributed by atoms with Crippen LogP contribution in [0, 0.1) is 29.4 Å². The molecule has 0 bridgehead atoms. The molecule has 1 aromatic carbocycles. The van der Waals surface area contributed by atoms with Crippen molar-refractivity contribution in [1.29, 1.82) is 0 Å². The van der Waals surface area contributed by atoms with Crippen LogP contribution in [-0.2, 0) is 13.6 Å². The van der Waals surface area contributed by atoms with Crippen molar-refractivity contribution in [3.63, 3.8) is 0 Å². The fourth-order valence-electron chi connectivity index (χ4n) is 4.31. The predicted molar refractivity (Wildman–Crippen MR) is 96.1 cm³/mol. The summed E-state index contributed by atoms with van der Waals surface area (Å²) in [6, 6.07) is 7.39. The van der Waals surface area contributed by atoms with Crippen LogP contribution in [0.2, 0.25) is 0 Å². The maximum absolute atomic E-state index is 13.7. The number of fused-ring (bicyclic) bond motifs is 2. The Kier molecular flexibility index (Phi) is 3.86. The Morgan fingerprint density at radius 1 is 1.19 bits per heavy atom. The van der Waals surface area contributed by atoms with Gasteiger partial charge in [0.2, 0.25) is 0 Å². The number of pyridine rings is 1. The van der Waals surface area contributed by atoms with Gasteiger partial charge in [-0.2, -0.15) is 0 Å². The summed E-state index contributed by atoms with van der Waals surface area (Å²) in [4.78, 5) is 11.4. The number of aromatic nitrogens is 3. The summed E-state index contributed by atoms with van der Waals surface area (Å²) in [5.74, 6) is 1.54. The van der Waals surface area contributed by atoms with Crippen LogP contribution in [0.5, 0.6) is 5.75 Å². The van der Waals surface area contributed by atoms with Crippen molar-refractivity contribution >= 4 is 11.2 Å².